The van der Waals surface area contributed by atoms with Gasteiger partial charge in [-0.25, -0.2) is 14.8 Å². The molecule has 1 rings (SSSR count). The number of carbonyl (C=O) groups excluding carboxylic acids is 1. The average molecular weight is 205 g/mol. The molecule has 13 heavy (non-hydrogen) atoms. The van der Waals surface area contributed by atoms with Crippen LogP contribution in [0.4, 0.5) is 4.39 Å². The van der Waals surface area contributed by atoms with Crippen LogP contribution >= 0.6 is 11.6 Å². The lowest BCUT2D eigenvalue weighted by molar-refractivity contribution is 0.0587. The Morgan fingerprint density at radius 3 is 2.69 bits per heavy atom. The van der Waals surface area contributed by atoms with Crippen molar-refractivity contribution >= 4 is 17.6 Å². The third-order valence-corrected chi connectivity index (χ3v) is 1.71. The minimum atomic E-state index is -0.978. The Hall–Kier alpha value is -1.23. The lowest BCUT2D eigenvalue weighted by Crippen LogP contribution is -2.10. The van der Waals surface area contributed by atoms with E-state index < -0.39 is 17.6 Å². The summed E-state index contributed by atoms with van der Waals surface area (Å²) in [6, 6.07) is 0. The molecule has 0 bridgehead atoms. The number of hydrogen-bond acceptors (Lipinski definition) is 4. The van der Waals surface area contributed by atoms with E-state index in [1.54, 1.807) is 0 Å². The van der Waals surface area contributed by atoms with E-state index >= 15 is 0 Å². The van der Waals surface area contributed by atoms with Gasteiger partial charge in [-0.05, 0) is 6.92 Å². The van der Waals surface area contributed by atoms with Gasteiger partial charge in [0.05, 0.1) is 12.8 Å². The molecule has 0 N–H and O–H groups in total. The fraction of sp³-hybridized carbons (Fsp3) is 0.286. The third-order valence-electron chi connectivity index (χ3n) is 1.35. The smallest absolute Gasteiger partial charge is 0.361 e. The fourth-order valence-electron chi connectivity index (χ4n) is 0.698. The van der Waals surface area contributed by atoms with Crippen molar-refractivity contribution in [3.05, 3.63) is 22.5 Å². The maximum atomic E-state index is 12.9. The van der Waals surface area contributed by atoms with Gasteiger partial charge in [0.15, 0.2) is 5.15 Å². The molecule has 1 aromatic rings. The Bertz CT molecular complexity index is 357. The van der Waals surface area contributed by atoms with Gasteiger partial charge in [0.2, 0.25) is 11.6 Å². The van der Waals surface area contributed by atoms with Gasteiger partial charge in [-0.15, -0.1) is 0 Å². The van der Waals surface area contributed by atoms with E-state index in [0.29, 0.717) is 0 Å². The lowest BCUT2D eigenvalue weighted by Gasteiger charge is -2.01. The number of nitrogens with zero attached hydrogens (tertiary/aromatic N) is 2. The van der Waals surface area contributed by atoms with Gasteiger partial charge in [0.1, 0.15) is 0 Å². The Labute approximate surface area is 78.7 Å². The van der Waals surface area contributed by atoms with E-state index in [4.69, 9.17) is 11.6 Å². The topological polar surface area (TPSA) is 52.1 Å². The Balaban J connectivity index is 3.23. The lowest BCUT2D eigenvalue weighted by atomic mass is 10.4. The molecule has 0 spiro atoms. The molecular formula is C7H6ClFN2O2. The molecule has 0 amide bonds. The molecule has 0 radical (unpaired) electrons. The minimum absolute atomic E-state index is 0.0122. The van der Waals surface area contributed by atoms with Gasteiger partial charge >= 0.3 is 5.97 Å². The monoisotopic (exact) mass is 204 g/mol. The van der Waals surface area contributed by atoms with Crippen molar-refractivity contribution in [1.82, 2.24) is 9.97 Å². The summed E-state index contributed by atoms with van der Waals surface area (Å²) in [6.07, 6.45) is 0. The first-order valence-corrected chi connectivity index (χ1v) is 3.72. The van der Waals surface area contributed by atoms with Crippen LogP contribution in [-0.2, 0) is 4.74 Å². The first kappa shape index (κ1) is 9.85. The second-order valence-electron chi connectivity index (χ2n) is 2.23. The molecule has 0 aliphatic heterocycles. The van der Waals surface area contributed by atoms with Gasteiger partial charge < -0.3 is 4.74 Å². The summed E-state index contributed by atoms with van der Waals surface area (Å²) < 4.78 is 17.2. The summed E-state index contributed by atoms with van der Waals surface area (Å²) in [5.74, 6) is -1.87. The zero-order valence-electron chi connectivity index (χ0n) is 6.97. The molecule has 0 fully saturated rings. The van der Waals surface area contributed by atoms with Crippen LogP contribution in [0, 0.1) is 12.9 Å². The summed E-state index contributed by atoms with van der Waals surface area (Å²) in [6.45, 7) is 1.49. The van der Waals surface area contributed by atoms with Crippen LogP contribution in [0.1, 0.15) is 16.2 Å². The number of aryl methyl sites for hydroxylation is 1. The zero-order valence-corrected chi connectivity index (χ0v) is 7.72. The molecule has 0 unspecified atom stereocenters. The SMILES string of the molecule is COC(=O)c1nc(Cl)c(C)nc1F. The summed E-state index contributed by atoms with van der Waals surface area (Å²) >= 11 is 5.54. The number of hydrogen-bond donors (Lipinski definition) is 0. The molecule has 4 nitrogen and oxygen atoms in total. The number of aromatic nitrogens is 2. The van der Waals surface area contributed by atoms with Crippen molar-refractivity contribution in [2.75, 3.05) is 7.11 Å². The van der Waals surface area contributed by atoms with Gasteiger partial charge in [-0.1, -0.05) is 11.6 Å². The minimum Gasteiger partial charge on any atom is -0.464 e. The molecule has 0 aliphatic carbocycles. The highest BCUT2D eigenvalue weighted by Gasteiger charge is 2.17. The molecule has 0 saturated carbocycles. The molecule has 0 aromatic carbocycles. The molecule has 0 aliphatic rings. The Morgan fingerprint density at radius 2 is 2.15 bits per heavy atom. The molecule has 6 heteroatoms. The van der Waals surface area contributed by atoms with Crippen LogP contribution in [0.15, 0.2) is 0 Å². The number of esters is 1. The summed E-state index contributed by atoms with van der Waals surface area (Å²) in [7, 11) is 1.12. The van der Waals surface area contributed by atoms with Crippen LogP contribution in [0.5, 0.6) is 0 Å². The third kappa shape index (κ3) is 1.92. The van der Waals surface area contributed by atoms with E-state index in [-0.39, 0.29) is 10.8 Å². The number of methoxy groups -OCH3 is 1. The highest BCUT2D eigenvalue weighted by atomic mass is 35.5. The second kappa shape index (κ2) is 3.66. The maximum absolute atomic E-state index is 12.9. The quantitative estimate of drug-likeness (QED) is 0.649. The van der Waals surface area contributed by atoms with E-state index in [9.17, 15) is 9.18 Å². The highest BCUT2D eigenvalue weighted by Crippen LogP contribution is 2.12. The van der Waals surface area contributed by atoms with Gasteiger partial charge in [0, 0.05) is 0 Å². The summed E-state index contributed by atoms with van der Waals surface area (Å²) in [5.41, 5.74) is -0.273. The fourth-order valence-corrected chi connectivity index (χ4v) is 0.825. The number of carbonyl (C=O) groups is 1. The molecule has 1 heterocycles. The first-order valence-electron chi connectivity index (χ1n) is 3.34. The van der Waals surface area contributed by atoms with Crippen LogP contribution < -0.4 is 0 Å². The van der Waals surface area contributed by atoms with E-state index in [1.165, 1.54) is 6.92 Å². The number of halogens is 2. The summed E-state index contributed by atoms with van der Waals surface area (Å²) in [5, 5.41) is -0.0122. The summed E-state index contributed by atoms with van der Waals surface area (Å²) in [4.78, 5) is 17.8. The molecular weight excluding hydrogens is 199 g/mol. The van der Waals surface area contributed by atoms with Crippen LogP contribution in [0.2, 0.25) is 5.15 Å². The normalized spacial score (nSPS) is 9.85. The van der Waals surface area contributed by atoms with Crippen molar-refractivity contribution in [2.45, 2.75) is 6.92 Å². The Morgan fingerprint density at radius 1 is 1.54 bits per heavy atom. The van der Waals surface area contributed by atoms with Crippen LogP contribution in [-0.4, -0.2) is 23.0 Å². The molecule has 70 valence electrons. The van der Waals surface area contributed by atoms with Gasteiger partial charge in [-0.2, -0.15) is 4.39 Å². The van der Waals surface area contributed by atoms with E-state index in [1.807, 2.05) is 0 Å². The maximum Gasteiger partial charge on any atom is 0.361 e. The largest absolute Gasteiger partial charge is 0.464 e. The van der Waals surface area contributed by atoms with Gasteiger partial charge in [-0.3, -0.25) is 0 Å². The van der Waals surface area contributed by atoms with Crippen molar-refractivity contribution in [3.8, 4) is 0 Å². The van der Waals surface area contributed by atoms with Crippen molar-refractivity contribution < 1.29 is 13.9 Å². The predicted octanol–water partition coefficient (Wildman–Crippen LogP) is 1.36. The number of ether oxygens (including phenoxy) is 1. The Kier molecular flexibility index (Phi) is 2.77. The van der Waals surface area contributed by atoms with E-state index in [2.05, 4.69) is 14.7 Å². The second-order valence-corrected chi connectivity index (χ2v) is 2.59. The van der Waals surface area contributed by atoms with E-state index in [0.717, 1.165) is 7.11 Å². The van der Waals surface area contributed by atoms with Crippen molar-refractivity contribution in [3.63, 3.8) is 0 Å². The first-order chi connectivity index (χ1) is 6.06. The van der Waals surface area contributed by atoms with Crippen LogP contribution in [0.25, 0.3) is 0 Å². The molecule has 1 aromatic heterocycles. The van der Waals surface area contributed by atoms with Crippen molar-refractivity contribution in [1.29, 1.82) is 0 Å². The molecule has 0 atom stereocenters. The van der Waals surface area contributed by atoms with Crippen molar-refractivity contribution in [2.24, 2.45) is 0 Å². The van der Waals surface area contributed by atoms with Gasteiger partial charge in [0.25, 0.3) is 0 Å². The highest BCUT2D eigenvalue weighted by molar-refractivity contribution is 6.30. The average Bonchev–Trinajstić information content (AvgIpc) is 2.10. The molecule has 0 saturated heterocycles. The predicted molar refractivity (Wildman–Crippen MR) is 43.1 cm³/mol. The zero-order chi connectivity index (χ0) is 10.0. The van der Waals surface area contributed by atoms with Crippen LogP contribution in [0.3, 0.4) is 0 Å². The standard InChI is InChI=1S/C7H6ClFN2O2/c1-3-5(8)11-4(6(9)10-3)7(12)13-2/h1-2H3. The number of rotatable bonds is 1.